The fourth-order valence-electron chi connectivity index (χ4n) is 1.61. The average Bonchev–Trinajstić information content (AvgIpc) is 2.24. The zero-order valence-electron chi connectivity index (χ0n) is 8.78. The lowest BCUT2D eigenvalue weighted by Gasteiger charge is -2.20. The Kier molecular flexibility index (Phi) is 4.95. The summed E-state index contributed by atoms with van der Waals surface area (Å²) in [5.41, 5.74) is 6.60. The summed E-state index contributed by atoms with van der Waals surface area (Å²) in [5.74, 6) is -1.13. The van der Waals surface area contributed by atoms with Gasteiger partial charge in [-0.2, -0.15) is 0 Å². The molecule has 16 heavy (non-hydrogen) atoms. The molecular formula is C11H13Br2NO2. The monoisotopic (exact) mass is 349 g/mol. The molecule has 3 nitrogen and oxygen atoms in total. The van der Waals surface area contributed by atoms with E-state index >= 15 is 0 Å². The van der Waals surface area contributed by atoms with E-state index in [0.717, 1.165) is 14.5 Å². The van der Waals surface area contributed by atoms with Gasteiger partial charge in [-0.3, -0.25) is 4.79 Å². The van der Waals surface area contributed by atoms with E-state index in [1.807, 2.05) is 25.1 Å². The summed E-state index contributed by atoms with van der Waals surface area (Å²) in [4.78, 5) is 10.9. The number of rotatable bonds is 4. The van der Waals surface area contributed by atoms with Gasteiger partial charge < -0.3 is 10.8 Å². The van der Waals surface area contributed by atoms with Crippen LogP contribution in [0.1, 0.15) is 24.8 Å². The zero-order valence-corrected chi connectivity index (χ0v) is 12.0. The molecule has 5 heteroatoms. The molecule has 88 valence electrons. The lowest BCUT2D eigenvalue weighted by Crippen LogP contribution is -2.36. The molecule has 0 aliphatic heterocycles. The molecule has 0 heterocycles. The normalized spacial score (nSPS) is 14.5. The first-order valence-electron chi connectivity index (χ1n) is 4.90. The maximum absolute atomic E-state index is 10.9. The van der Waals surface area contributed by atoms with E-state index in [0.29, 0.717) is 6.42 Å². The summed E-state index contributed by atoms with van der Waals surface area (Å²) < 4.78 is 1.84. The smallest absolute Gasteiger partial charge is 0.321 e. The summed E-state index contributed by atoms with van der Waals surface area (Å²) in [6.45, 7) is 1.93. The van der Waals surface area contributed by atoms with Gasteiger partial charge in [0.25, 0.3) is 0 Å². The van der Waals surface area contributed by atoms with Crippen molar-refractivity contribution in [1.29, 1.82) is 0 Å². The largest absolute Gasteiger partial charge is 0.480 e. The number of carbonyl (C=O) groups is 1. The molecule has 0 aromatic heterocycles. The number of carboxylic acids is 1. The Morgan fingerprint density at radius 2 is 2.06 bits per heavy atom. The molecule has 3 N–H and O–H groups in total. The molecule has 2 unspecified atom stereocenters. The van der Waals surface area contributed by atoms with Gasteiger partial charge in [0.15, 0.2) is 0 Å². The number of carboxylic acid groups (broad SMARTS) is 1. The molecule has 0 fully saturated rings. The Labute approximate surface area is 111 Å². The fraction of sp³-hybridized carbons (Fsp3) is 0.364. The minimum Gasteiger partial charge on any atom is -0.480 e. The van der Waals surface area contributed by atoms with Gasteiger partial charge in [-0.05, 0) is 56.0 Å². The zero-order chi connectivity index (χ0) is 12.3. The second-order valence-electron chi connectivity index (χ2n) is 3.55. The molecule has 0 radical (unpaired) electrons. The molecule has 0 saturated carbocycles. The SMILES string of the molecule is CCC(c1ccc(Br)c(Br)c1)C(N)C(=O)O. The number of benzene rings is 1. The highest BCUT2D eigenvalue weighted by molar-refractivity contribution is 9.13. The van der Waals surface area contributed by atoms with Crippen molar-refractivity contribution >= 4 is 37.8 Å². The quantitative estimate of drug-likeness (QED) is 0.876. The van der Waals surface area contributed by atoms with Gasteiger partial charge in [-0.25, -0.2) is 0 Å². The third kappa shape index (κ3) is 3.06. The number of aliphatic carboxylic acids is 1. The van der Waals surface area contributed by atoms with E-state index in [1.165, 1.54) is 0 Å². The maximum Gasteiger partial charge on any atom is 0.321 e. The summed E-state index contributed by atoms with van der Waals surface area (Å²) in [6, 6.07) is 4.82. The van der Waals surface area contributed by atoms with E-state index in [2.05, 4.69) is 31.9 Å². The van der Waals surface area contributed by atoms with Crippen molar-refractivity contribution in [3.63, 3.8) is 0 Å². The molecular weight excluding hydrogens is 338 g/mol. The van der Waals surface area contributed by atoms with Crippen LogP contribution in [0.25, 0.3) is 0 Å². The average molecular weight is 351 g/mol. The van der Waals surface area contributed by atoms with Crippen LogP contribution in [0.15, 0.2) is 27.1 Å². The van der Waals surface area contributed by atoms with Crippen LogP contribution < -0.4 is 5.73 Å². The second kappa shape index (κ2) is 5.80. The molecule has 0 saturated heterocycles. The Bertz CT molecular complexity index is 396. The van der Waals surface area contributed by atoms with Crippen molar-refractivity contribution in [2.24, 2.45) is 5.73 Å². The van der Waals surface area contributed by atoms with Crippen molar-refractivity contribution < 1.29 is 9.90 Å². The maximum atomic E-state index is 10.9. The molecule has 0 aliphatic carbocycles. The summed E-state index contributed by atoms with van der Waals surface area (Å²) in [6.07, 6.45) is 0.696. The topological polar surface area (TPSA) is 63.3 Å². The number of hydrogen-bond donors (Lipinski definition) is 2. The van der Waals surface area contributed by atoms with Gasteiger partial charge in [0.05, 0.1) is 0 Å². The minimum atomic E-state index is -0.967. The number of nitrogens with two attached hydrogens (primary N) is 1. The first kappa shape index (κ1) is 13.7. The highest BCUT2D eigenvalue weighted by Crippen LogP contribution is 2.29. The molecule has 0 amide bonds. The highest BCUT2D eigenvalue weighted by Gasteiger charge is 2.24. The van der Waals surface area contributed by atoms with Crippen LogP contribution in [0.5, 0.6) is 0 Å². The van der Waals surface area contributed by atoms with Crippen molar-refractivity contribution in [2.75, 3.05) is 0 Å². The van der Waals surface area contributed by atoms with Gasteiger partial charge in [-0.15, -0.1) is 0 Å². The molecule has 2 atom stereocenters. The van der Waals surface area contributed by atoms with Crippen LogP contribution in [0.4, 0.5) is 0 Å². The summed E-state index contributed by atoms with van der Waals surface area (Å²) in [5, 5.41) is 8.92. The third-order valence-corrected chi connectivity index (χ3v) is 4.41. The molecule has 1 rings (SSSR count). The minimum absolute atomic E-state index is 0.165. The van der Waals surface area contributed by atoms with Crippen molar-refractivity contribution in [1.82, 2.24) is 0 Å². The van der Waals surface area contributed by atoms with Gasteiger partial charge in [-0.1, -0.05) is 13.0 Å². The van der Waals surface area contributed by atoms with Gasteiger partial charge in [0.2, 0.25) is 0 Å². The van der Waals surface area contributed by atoms with E-state index in [9.17, 15) is 4.79 Å². The predicted molar refractivity (Wildman–Crippen MR) is 70.5 cm³/mol. The molecule has 0 aliphatic rings. The second-order valence-corrected chi connectivity index (χ2v) is 5.26. The van der Waals surface area contributed by atoms with Gasteiger partial charge in [0.1, 0.15) is 6.04 Å². The van der Waals surface area contributed by atoms with Crippen LogP contribution in [0.2, 0.25) is 0 Å². The molecule has 1 aromatic carbocycles. The van der Waals surface area contributed by atoms with Crippen molar-refractivity contribution in [3.8, 4) is 0 Å². The predicted octanol–water partition coefficient (Wildman–Crippen LogP) is 3.12. The van der Waals surface area contributed by atoms with Gasteiger partial charge >= 0.3 is 5.97 Å². The molecule has 0 bridgehead atoms. The van der Waals surface area contributed by atoms with Gasteiger partial charge in [0, 0.05) is 14.9 Å². The Balaban J connectivity index is 3.04. The van der Waals surface area contributed by atoms with E-state index in [-0.39, 0.29) is 5.92 Å². The highest BCUT2D eigenvalue weighted by atomic mass is 79.9. The van der Waals surface area contributed by atoms with Crippen LogP contribution in [0.3, 0.4) is 0 Å². The number of halogens is 2. The number of hydrogen-bond acceptors (Lipinski definition) is 2. The molecule has 0 spiro atoms. The Morgan fingerprint density at radius 3 is 2.50 bits per heavy atom. The van der Waals surface area contributed by atoms with Crippen LogP contribution in [-0.2, 0) is 4.79 Å². The van der Waals surface area contributed by atoms with E-state index < -0.39 is 12.0 Å². The van der Waals surface area contributed by atoms with Crippen LogP contribution in [0, 0.1) is 0 Å². The van der Waals surface area contributed by atoms with Crippen LogP contribution >= 0.6 is 31.9 Å². The Morgan fingerprint density at radius 1 is 1.44 bits per heavy atom. The third-order valence-electron chi connectivity index (χ3n) is 2.53. The summed E-state index contributed by atoms with van der Waals surface area (Å²) in [7, 11) is 0. The summed E-state index contributed by atoms with van der Waals surface area (Å²) >= 11 is 6.77. The standard InChI is InChI=1S/C11H13Br2NO2/c1-2-7(10(14)11(15)16)6-3-4-8(12)9(13)5-6/h3-5,7,10H,2,14H2,1H3,(H,15,16). The van der Waals surface area contributed by atoms with Crippen LogP contribution in [-0.4, -0.2) is 17.1 Å². The first-order chi connectivity index (χ1) is 7.47. The van der Waals surface area contributed by atoms with E-state index in [1.54, 1.807) is 0 Å². The lowest BCUT2D eigenvalue weighted by molar-refractivity contribution is -0.139. The van der Waals surface area contributed by atoms with Crippen molar-refractivity contribution in [2.45, 2.75) is 25.3 Å². The Hall–Kier alpha value is -0.390. The lowest BCUT2D eigenvalue weighted by atomic mass is 9.90. The van der Waals surface area contributed by atoms with Crippen molar-refractivity contribution in [3.05, 3.63) is 32.7 Å². The fourth-order valence-corrected chi connectivity index (χ4v) is 2.26. The molecule has 1 aromatic rings. The first-order valence-corrected chi connectivity index (χ1v) is 6.49. The van der Waals surface area contributed by atoms with E-state index in [4.69, 9.17) is 10.8 Å².